The second-order valence-electron chi connectivity index (χ2n) is 6.47. The van der Waals surface area contributed by atoms with Gasteiger partial charge in [-0.3, -0.25) is 0 Å². The molecule has 2 N–H and O–H groups in total. The molecule has 3 heterocycles. The van der Waals surface area contributed by atoms with Gasteiger partial charge in [0.1, 0.15) is 24.1 Å². The first kappa shape index (κ1) is 18.1. The number of aromatic nitrogens is 3. The van der Waals surface area contributed by atoms with Crippen molar-refractivity contribution in [1.82, 2.24) is 14.8 Å². The van der Waals surface area contributed by atoms with E-state index in [2.05, 4.69) is 16.2 Å². The summed E-state index contributed by atoms with van der Waals surface area (Å²) >= 11 is 0. The molecule has 144 valence electrons. The monoisotopic (exact) mass is 385 g/mol. The molecule has 1 fully saturated rings. The zero-order valence-electron chi connectivity index (χ0n) is 14.9. The third kappa shape index (κ3) is 3.12. The van der Waals surface area contributed by atoms with Crippen molar-refractivity contribution in [3.05, 3.63) is 47.3 Å². The zero-order chi connectivity index (χ0) is 19.7. The van der Waals surface area contributed by atoms with Crippen molar-refractivity contribution in [1.29, 1.82) is 5.26 Å². The Morgan fingerprint density at radius 2 is 2.18 bits per heavy atom. The molecule has 0 saturated carbocycles. The fourth-order valence-electron chi connectivity index (χ4n) is 3.23. The lowest BCUT2D eigenvalue weighted by Gasteiger charge is -2.23. The van der Waals surface area contributed by atoms with Gasteiger partial charge in [-0.2, -0.15) is 10.4 Å². The van der Waals surface area contributed by atoms with Gasteiger partial charge in [-0.1, -0.05) is 0 Å². The minimum Gasteiger partial charge on any atom is -0.486 e. The second-order valence-corrected chi connectivity index (χ2v) is 6.47. The number of ether oxygens (including phenoxy) is 2. The Morgan fingerprint density at radius 1 is 1.32 bits per heavy atom. The Labute approximate surface area is 159 Å². The van der Waals surface area contributed by atoms with Crippen LogP contribution in [0, 0.1) is 23.0 Å². The second kappa shape index (κ2) is 7.40. The van der Waals surface area contributed by atoms with Gasteiger partial charge in [-0.05, 0) is 31.4 Å². The molecule has 0 radical (unpaired) electrons. The van der Waals surface area contributed by atoms with Gasteiger partial charge in [-0.15, -0.1) is 0 Å². The topological polar surface area (TPSA) is 99.0 Å². The van der Waals surface area contributed by atoms with Crippen molar-refractivity contribution in [2.75, 3.05) is 12.3 Å². The van der Waals surface area contributed by atoms with E-state index in [-0.39, 0.29) is 28.8 Å². The van der Waals surface area contributed by atoms with Crippen molar-refractivity contribution in [2.24, 2.45) is 0 Å². The van der Waals surface area contributed by atoms with Crippen LogP contribution in [0.3, 0.4) is 0 Å². The molecule has 1 aliphatic rings. The van der Waals surface area contributed by atoms with Crippen LogP contribution in [0.2, 0.25) is 0 Å². The molecule has 0 spiro atoms. The minimum absolute atomic E-state index is 0.111. The van der Waals surface area contributed by atoms with Gasteiger partial charge in [0, 0.05) is 6.61 Å². The van der Waals surface area contributed by atoms with Crippen LogP contribution >= 0.6 is 0 Å². The van der Waals surface area contributed by atoms with Gasteiger partial charge in [0.15, 0.2) is 23.4 Å². The van der Waals surface area contributed by atoms with Crippen molar-refractivity contribution < 1.29 is 18.3 Å². The molecule has 9 heteroatoms. The molecule has 1 atom stereocenters. The van der Waals surface area contributed by atoms with Gasteiger partial charge < -0.3 is 15.2 Å². The lowest BCUT2D eigenvalue weighted by Crippen LogP contribution is -2.19. The number of hydrogen-bond acceptors (Lipinski definition) is 6. The normalized spacial score (nSPS) is 16.8. The van der Waals surface area contributed by atoms with E-state index in [1.54, 1.807) is 4.68 Å². The number of halogens is 2. The summed E-state index contributed by atoms with van der Waals surface area (Å²) in [6, 6.07) is 4.27. The van der Waals surface area contributed by atoms with Crippen molar-refractivity contribution >= 4 is 16.7 Å². The summed E-state index contributed by atoms with van der Waals surface area (Å²) in [6.45, 7) is 0.222. The molecular formula is C19H17F2N5O2. The number of hydrogen-bond donors (Lipinski definition) is 1. The predicted molar refractivity (Wildman–Crippen MR) is 96.2 cm³/mol. The maximum Gasteiger partial charge on any atom is 0.162 e. The fourth-order valence-corrected chi connectivity index (χ4v) is 3.23. The number of benzene rings is 1. The highest BCUT2D eigenvalue weighted by Crippen LogP contribution is 2.30. The lowest BCUT2D eigenvalue weighted by atomic mass is 10.1. The molecule has 1 unspecified atom stereocenters. The van der Waals surface area contributed by atoms with Crippen LogP contribution in [0.5, 0.6) is 5.75 Å². The van der Waals surface area contributed by atoms with Gasteiger partial charge in [0.05, 0.1) is 29.0 Å². The van der Waals surface area contributed by atoms with E-state index in [0.29, 0.717) is 17.6 Å². The first-order valence-corrected chi connectivity index (χ1v) is 8.83. The Kier molecular flexibility index (Phi) is 4.79. The van der Waals surface area contributed by atoms with Crippen LogP contribution in [0.4, 0.5) is 14.5 Å². The van der Waals surface area contributed by atoms with E-state index in [4.69, 9.17) is 15.2 Å². The largest absolute Gasteiger partial charge is 0.486 e. The molecule has 3 aromatic rings. The van der Waals surface area contributed by atoms with Crippen LogP contribution in [-0.4, -0.2) is 21.4 Å². The van der Waals surface area contributed by atoms with Crippen LogP contribution in [0.25, 0.3) is 11.0 Å². The number of nitriles is 1. The molecule has 1 aliphatic heterocycles. The summed E-state index contributed by atoms with van der Waals surface area (Å²) in [6.07, 6.45) is 5.48. The standard InChI is InChI=1S/C19H17F2N5O2/c20-14-4-5-15(23)18(21)13(14)10-28-16-9-24-19-12(11(16)7-22)8-25-26(19)17-3-1-2-6-27-17/h4-5,8-9,17H,1-3,6,10,23H2. The number of nitrogens with zero attached hydrogens (tertiary/aromatic N) is 4. The summed E-state index contributed by atoms with van der Waals surface area (Å²) in [5.74, 6) is -1.54. The first-order chi connectivity index (χ1) is 13.6. The molecule has 28 heavy (non-hydrogen) atoms. The Hall–Kier alpha value is -3.25. The third-order valence-electron chi connectivity index (χ3n) is 4.72. The number of fused-ring (bicyclic) bond motifs is 1. The van der Waals surface area contributed by atoms with Crippen LogP contribution in [-0.2, 0) is 11.3 Å². The molecule has 0 bridgehead atoms. The van der Waals surface area contributed by atoms with Gasteiger partial charge in [0.2, 0.25) is 0 Å². The Morgan fingerprint density at radius 3 is 2.93 bits per heavy atom. The number of anilines is 1. The number of rotatable bonds is 4. The SMILES string of the molecule is N#Cc1c(OCc2c(F)ccc(N)c2F)cnc2c1cnn2C1CCCCO1. The average molecular weight is 385 g/mol. The fraction of sp³-hybridized carbons (Fsp3) is 0.316. The number of nitrogen functional groups attached to an aromatic ring is 1. The van der Waals surface area contributed by atoms with E-state index in [9.17, 15) is 14.0 Å². The Bertz CT molecular complexity index is 1070. The van der Waals surface area contributed by atoms with Crippen LogP contribution in [0.1, 0.15) is 36.6 Å². The molecule has 1 aromatic carbocycles. The van der Waals surface area contributed by atoms with E-state index >= 15 is 0 Å². The highest BCUT2D eigenvalue weighted by atomic mass is 19.1. The van der Waals surface area contributed by atoms with E-state index < -0.39 is 18.2 Å². The van der Waals surface area contributed by atoms with E-state index in [1.807, 2.05) is 0 Å². The average Bonchev–Trinajstić information content (AvgIpc) is 3.15. The van der Waals surface area contributed by atoms with Crippen molar-refractivity contribution in [3.8, 4) is 11.8 Å². The maximum atomic E-state index is 14.1. The smallest absolute Gasteiger partial charge is 0.162 e. The molecule has 0 aliphatic carbocycles. The summed E-state index contributed by atoms with van der Waals surface area (Å²) < 4.78 is 40.8. The lowest BCUT2D eigenvalue weighted by molar-refractivity contribution is -0.0370. The summed E-state index contributed by atoms with van der Waals surface area (Å²) in [7, 11) is 0. The minimum atomic E-state index is -0.880. The summed E-state index contributed by atoms with van der Waals surface area (Å²) in [5, 5.41) is 14.4. The third-order valence-corrected chi connectivity index (χ3v) is 4.72. The number of nitrogens with two attached hydrogens (primary N) is 1. The number of pyridine rings is 1. The van der Waals surface area contributed by atoms with Crippen molar-refractivity contribution in [2.45, 2.75) is 32.1 Å². The molecule has 1 saturated heterocycles. The quantitative estimate of drug-likeness (QED) is 0.691. The Balaban J connectivity index is 1.65. The van der Waals surface area contributed by atoms with E-state index in [1.165, 1.54) is 12.4 Å². The highest BCUT2D eigenvalue weighted by Gasteiger charge is 2.22. The van der Waals surface area contributed by atoms with Crippen molar-refractivity contribution in [3.63, 3.8) is 0 Å². The molecule has 0 amide bonds. The van der Waals surface area contributed by atoms with Gasteiger partial charge in [-0.25, -0.2) is 18.4 Å². The zero-order valence-corrected chi connectivity index (χ0v) is 14.9. The molecule has 2 aromatic heterocycles. The molecular weight excluding hydrogens is 368 g/mol. The molecule has 7 nitrogen and oxygen atoms in total. The van der Waals surface area contributed by atoms with Crippen LogP contribution in [0.15, 0.2) is 24.5 Å². The van der Waals surface area contributed by atoms with Crippen LogP contribution < -0.4 is 10.5 Å². The first-order valence-electron chi connectivity index (χ1n) is 8.83. The summed E-state index contributed by atoms with van der Waals surface area (Å²) in [5.41, 5.74) is 5.68. The highest BCUT2D eigenvalue weighted by molar-refractivity contribution is 5.84. The van der Waals surface area contributed by atoms with Gasteiger partial charge in [0.25, 0.3) is 0 Å². The maximum absolute atomic E-state index is 14.1. The van der Waals surface area contributed by atoms with E-state index in [0.717, 1.165) is 31.4 Å². The predicted octanol–water partition coefficient (Wildman–Crippen LogP) is 3.44. The van der Waals surface area contributed by atoms with Gasteiger partial charge >= 0.3 is 0 Å². The molecule has 4 rings (SSSR count). The summed E-state index contributed by atoms with van der Waals surface area (Å²) in [4.78, 5) is 4.33.